The Morgan fingerprint density at radius 3 is 2.31 bits per heavy atom. The number of aldehydes is 1. The second kappa shape index (κ2) is 5.04. The Bertz CT molecular complexity index is 322. The largest absolute Gasteiger partial charge is 0.299 e. The molecule has 0 amide bonds. The van der Waals surface area contributed by atoms with Crippen LogP contribution in [0, 0.1) is 5.82 Å². The summed E-state index contributed by atoms with van der Waals surface area (Å²) in [5.74, 6) is -0.249. The zero-order valence-corrected chi connectivity index (χ0v) is 6.98. The third-order valence-corrected chi connectivity index (χ3v) is 1.46. The van der Waals surface area contributed by atoms with Crippen molar-refractivity contribution in [3.63, 3.8) is 0 Å². The average Bonchev–Trinajstić information content (AvgIpc) is 2.15. The van der Waals surface area contributed by atoms with E-state index in [1.54, 1.807) is 30.4 Å². The molecule has 0 saturated carbocycles. The van der Waals surface area contributed by atoms with Crippen molar-refractivity contribution in [2.75, 3.05) is 0 Å². The van der Waals surface area contributed by atoms with Gasteiger partial charge in [-0.2, -0.15) is 0 Å². The number of carbonyl (C=O) groups is 1. The number of carbonyl (C=O) groups excluding carboxylic acids is 1. The minimum Gasteiger partial charge on any atom is -0.299 e. The first-order valence-corrected chi connectivity index (χ1v) is 3.87. The smallest absolute Gasteiger partial charge is 0.142 e. The molecule has 0 N–H and O–H groups in total. The molecule has 0 atom stereocenters. The lowest BCUT2D eigenvalue weighted by Gasteiger charge is -1.90. The maximum atomic E-state index is 12.4. The molecule has 0 fully saturated rings. The SMILES string of the molecule is O=CC=CC=Cc1ccc(F)cc1. The molecule has 0 aromatic heterocycles. The molecule has 13 heavy (non-hydrogen) atoms. The standard InChI is InChI=1S/C11H9FO/c12-11-7-5-10(6-8-11)4-2-1-3-9-13/h1-9H. The maximum absolute atomic E-state index is 12.4. The van der Waals surface area contributed by atoms with Gasteiger partial charge in [-0.25, -0.2) is 4.39 Å². The summed E-state index contributed by atoms with van der Waals surface area (Å²) >= 11 is 0. The molecule has 1 nitrogen and oxygen atoms in total. The lowest BCUT2D eigenvalue weighted by Crippen LogP contribution is -1.73. The zero-order chi connectivity index (χ0) is 9.52. The first-order chi connectivity index (χ1) is 6.33. The number of hydrogen-bond donors (Lipinski definition) is 0. The predicted octanol–water partition coefficient (Wildman–Crippen LogP) is 2.59. The van der Waals surface area contributed by atoms with Gasteiger partial charge in [-0.05, 0) is 23.8 Å². The number of allylic oxidation sites excluding steroid dienone is 3. The first kappa shape index (κ1) is 9.39. The lowest BCUT2D eigenvalue weighted by atomic mass is 10.2. The van der Waals surface area contributed by atoms with E-state index in [2.05, 4.69) is 0 Å². The molecule has 0 radical (unpaired) electrons. The fraction of sp³-hybridized carbons (Fsp3) is 0. The van der Waals surface area contributed by atoms with Gasteiger partial charge in [0.2, 0.25) is 0 Å². The molecule has 0 aliphatic rings. The quantitative estimate of drug-likeness (QED) is 0.393. The molecule has 66 valence electrons. The second-order valence-electron chi connectivity index (χ2n) is 2.43. The van der Waals surface area contributed by atoms with Crippen LogP contribution in [0.2, 0.25) is 0 Å². The van der Waals surface area contributed by atoms with E-state index >= 15 is 0 Å². The third kappa shape index (κ3) is 3.47. The highest BCUT2D eigenvalue weighted by atomic mass is 19.1. The predicted molar refractivity (Wildman–Crippen MR) is 50.6 cm³/mol. The molecule has 1 rings (SSSR count). The molecule has 0 aliphatic carbocycles. The summed E-state index contributed by atoms with van der Waals surface area (Å²) < 4.78 is 12.4. The topological polar surface area (TPSA) is 17.1 Å². The summed E-state index contributed by atoms with van der Waals surface area (Å²) in [5, 5.41) is 0. The van der Waals surface area contributed by atoms with Crippen LogP contribution in [-0.4, -0.2) is 6.29 Å². The van der Waals surface area contributed by atoms with Gasteiger partial charge >= 0.3 is 0 Å². The van der Waals surface area contributed by atoms with Crippen molar-refractivity contribution in [1.82, 2.24) is 0 Å². The van der Waals surface area contributed by atoms with Crippen molar-refractivity contribution in [2.45, 2.75) is 0 Å². The summed E-state index contributed by atoms with van der Waals surface area (Å²) in [4.78, 5) is 9.89. The Hall–Kier alpha value is -1.70. The minimum absolute atomic E-state index is 0.249. The van der Waals surface area contributed by atoms with Crippen molar-refractivity contribution in [2.24, 2.45) is 0 Å². The van der Waals surface area contributed by atoms with E-state index in [0.29, 0.717) is 6.29 Å². The summed E-state index contributed by atoms with van der Waals surface area (Å²) in [6, 6.07) is 6.12. The van der Waals surface area contributed by atoms with Crippen LogP contribution >= 0.6 is 0 Å². The van der Waals surface area contributed by atoms with E-state index in [4.69, 9.17) is 0 Å². The van der Waals surface area contributed by atoms with Crippen LogP contribution in [-0.2, 0) is 4.79 Å². The Morgan fingerprint density at radius 2 is 1.69 bits per heavy atom. The van der Waals surface area contributed by atoms with Gasteiger partial charge in [0, 0.05) is 0 Å². The maximum Gasteiger partial charge on any atom is 0.142 e. The van der Waals surface area contributed by atoms with Crippen LogP contribution in [0.15, 0.2) is 42.5 Å². The highest BCUT2D eigenvalue weighted by Gasteiger charge is 1.86. The molecule has 0 aliphatic heterocycles. The molecule has 0 bridgehead atoms. The van der Waals surface area contributed by atoms with Gasteiger partial charge in [0.25, 0.3) is 0 Å². The van der Waals surface area contributed by atoms with Crippen molar-refractivity contribution in [3.05, 3.63) is 53.9 Å². The van der Waals surface area contributed by atoms with E-state index in [0.717, 1.165) is 5.56 Å². The van der Waals surface area contributed by atoms with Gasteiger partial charge in [-0.3, -0.25) is 4.79 Å². The number of rotatable bonds is 3. The fourth-order valence-corrected chi connectivity index (χ4v) is 0.850. The van der Waals surface area contributed by atoms with Crippen LogP contribution < -0.4 is 0 Å². The van der Waals surface area contributed by atoms with Gasteiger partial charge in [-0.1, -0.05) is 30.4 Å². The number of benzene rings is 1. The van der Waals surface area contributed by atoms with Crippen molar-refractivity contribution >= 4 is 12.4 Å². The molecular weight excluding hydrogens is 167 g/mol. The summed E-state index contributed by atoms with van der Waals surface area (Å²) in [6.07, 6.45) is 7.23. The van der Waals surface area contributed by atoms with Crippen LogP contribution in [0.4, 0.5) is 4.39 Å². The Morgan fingerprint density at radius 1 is 1.00 bits per heavy atom. The van der Waals surface area contributed by atoms with Crippen LogP contribution in [0.25, 0.3) is 6.08 Å². The normalized spacial score (nSPS) is 11.2. The van der Waals surface area contributed by atoms with E-state index in [9.17, 15) is 9.18 Å². The monoisotopic (exact) mass is 176 g/mol. The summed E-state index contributed by atoms with van der Waals surface area (Å²) in [7, 11) is 0. The van der Waals surface area contributed by atoms with Crippen LogP contribution in [0.1, 0.15) is 5.56 Å². The van der Waals surface area contributed by atoms with E-state index in [1.807, 2.05) is 0 Å². The van der Waals surface area contributed by atoms with Gasteiger partial charge in [0.15, 0.2) is 0 Å². The van der Waals surface area contributed by atoms with Crippen molar-refractivity contribution in [1.29, 1.82) is 0 Å². The Balaban J connectivity index is 2.64. The minimum atomic E-state index is -0.249. The fourth-order valence-electron chi connectivity index (χ4n) is 0.850. The van der Waals surface area contributed by atoms with Crippen molar-refractivity contribution in [3.8, 4) is 0 Å². The van der Waals surface area contributed by atoms with E-state index in [1.165, 1.54) is 18.2 Å². The molecule has 1 aromatic carbocycles. The van der Waals surface area contributed by atoms with Gasteiger partial charge in [-0.15, -0.1) is 0 Å². The highest BCUT2D eigenvalue weighted by molar-refractivity contribution is 5.66. The highest BCUT2D eigenvalue weighted by Crippen LogP contribution is 2.04. The lowest BCUT2D eigenvalue weighted by molar-refractivity contribution is -0.104. The average molecular weight is 176 g/mol. The Kier molecular flexibility index (Phi) is 3.64. The van der Waals surface area contributed by atoms with Crippen LogP contribution in [0.5, 0.6) is 0 Å². The third-order valence-electron chi connectivity index (χ3n) is 1.46. The molecular formula is C11H9FO. The second-order valence-corrected chi connectivity index (χ2v) is 2.43. The molecule has 0 spiro atoms. The number of hydrogen-bond acceptors (Lipinski definition) is 1. The molecule has 1 aromatic rings. The number of halogens is 1. The molecule has 0 unspecified atom stereocenters. The molecule has 2 heteroatoms. The van der Waals surface area contributed by atoms with E-state index in [-0.39, 0.29) is 5.82 Å². The van der Waals surface area contributed by atoms with Gasteiger partial charge in [0.05, 0.1) is 0 Å². The van der Waals surface area contributed by atoms with Crippen LogP contribution in [0.3, 0.4) is 0 Å². The van der Waals surface area contributed by atoms with Gasteiger partial charge < -0.3 is 0 Å². The molecule has 0 heterocycles. The van der Waals surface area contributed by atoms with Crippen molar-refractivity contribution < 1.29 is 9.18 Å². The van der Waals surface area contributed by atoms with E-state index < -0.39 is 0 Å². The first-order valence-electron chi connectivity index (χ1n) is 3.87. The summed E-state index contributed by atoms with van der Waals surface area (Å²) in [5.41, 5.74) is 0.900. The van der Waals surface area contributed by atoms with Gasteiger partial charge in [0.1, 0.15) is 12.1 Å². The molecule has 0 saturated heterocycles. The Labute approximate surface area is 76.2 Å². The zero-order valence-electron chi connectivity index (χ0n) is 6.98. The summed E-state index contributed by atoms with van der Waals surface area (Å²) in [6.45, 7) is 0.